The minimum absolute atomic E-state index is 0.0632. The highest BCUT2D eigenvalue weighted by Gasteiger charge is 2.21. The van der Waals surface area contributed by atoms with Crippen molar-refractivity contribution in [2.75, 3.05) is 19.0 Å². The molecule has 0 spiro atoms. The number of ether oxygens (including phenoxy) is 2. The summed E-state index contributed by atoms with van der Waals surface area (Å²) in [6.07, 6.45) is -0.796. The molecule has 0 bridgehead atoms. The summed E-state index contributed by atoms with van der Waals surface area (Å²) in [5.41, 5.74) is 0. The van der Waals surface area contributed by atoms with Gasteiger partial charge in [-0.3, -0.25) is 0 Å². The van der Waals surface area contributed by atoms with Crippen LogP contribution in [0.25, 0.3) is 0 Å². The van der Waals surface area contributed by atoms with E-state index in [4.69, 9.17) is 9.47 Å². The fourth-order valence-corrected chi connectivity index (χ4v) is 2.73. The molecular formula is C12H17FO4S. The lowest BCUT2D eigenvalue weighted by molar-refractivity contribution is -0.120. The van der Waals surface area contributed by atoms with Crippen molar-refractivity contribution in [1.29, 1.82) is 0 Å². The largest absolute Gasteiger partial charge is 0.352 e. The average Bonchev–Trinajstić information content (AvgIpc) is 2.29. The Morgan fingerprint density at radius 2 is 1.61 bits per heavy atom. The lowest BCUT2D eigenvalue weighted by atomic mass is 10.4. The number of benzene rings is 1. The first kappa shape index (κ1) is 15.1. The summed E-state index contributed by atoms with van der Waals surface area (Å²) in [5, 5.41) is 0. The second kappa shape index (κ2) is 6.82. The summed E-state index contributed by atoms with van der Waals surface area (Å²) in [5.74, 6) is -0.750. The van der Waals surface area contributed by atoms with E-state index >= 15 is 0 Å². The van der Waals surface area contributed by atoms with Crippen molar-refractivity contribution in [2.45, 2.75) is 25.0 Å². The summed E-state index contributed by atoms with van der Waals surface area (Å²) >= 11 is 0. The van der Waals surface area contributed by atoms with E-state index in [1.165, 1.54) is 12.1 Å². The Labute approximate surface area is 107 Å². The quantitative estimate of drug-likeness (QED) is 0.564. The van der Waals surface area contributed by atoms with Crippen molar-refractivity contribution in [2.24, 2.45) is 0 Å². The molecule has 0 saturated carbocycles. The predicted octanol–water partition coefficient (Wildman–Crippen LogP) is 2.00. The van der Waals surface area contributed by atoms with Crippen molar-refractivity contribution < 1.29 is 22.3 Å². The molecule has 0 unspecified atom stereocenters. The highest BCUT2D eigenvalue weighted by molar-refractivity contribution is 7.91. The van der Waals surface area contributed by atoms with Crippen LogP contribution in [0, 0.1) is 5.82 Å². The maximum absolute atomic E-state index is 12.7. The van der Waals surface area contributed by atoms with Crippen LogP contribution in [0.3, 0.4) is 0 Å². The maximum atomic E-state index is 12.7. The number of sulfone groups is 1. The summed E-state index contributed by atoms with van der Waals surface area (Å²) in [6.45, 7) is 4.25. The molecule has 1 rings (SSSR count). The third-order valence-corrected chi connectivity index (χ3v) is 3.93. The van der Waals surface area contributed by atoms with Crippen molar-refractivity contribution in [1.82, 2.24) is 0 Å². The highest BCUT2D eigenvalue weighted by Crippen LogP contribution is 2.14. The first-order chi connectivity index (χ1) is 8.49. The summed E-state index contributed by atoms with van der Waals surface area (Å²) in [4.78, 5) is 0.0632. The van der Waals surface area contributed by atoms with E-state index < -0.39 is 21.9 Å². The second-order valence-electron chi connectivity index (χ2n) is 3.58. The van der Waals surface area contributed by atoms with Gasteiger partial charge in [-0.2, -0.15) is 0 Å². The summed E-state index contributed by atoms with van der Waals surface area (Å²) in [7, 11) is -3.54. The standard InChI is InChI=1S/C12H17FO4S/c1-3-16-12(17-4-2)9-18(14,15)11-7-5-10(13)6-8-11/h5-8,12H,3-4,9H2,1-2H3. The van der Waals surface area contributed by atoms with Crippen molar-refractivity contribution in [3.05, 3.63) is 30.1 Å². The molecule has 1 aromatic carbocycles. The molecule has 1 aromatic rings. The van der Waals surface area contributed by atoms with Gasteiger partial charge in [-0.1, -0.05) is 0 Å². The van der Waals surface area contributed by atoms with E-state index in [9.17, 15) is 12.8 Å². The van der Waals surface area contributed by atoms with E-state index in [2.05, 4.69) is 0 Å². The number of rotatable bonds is 7. The van der Waals surface area contributed by atoms with Gasteiger partial charge in [0.25, 0.3) is 0 Å². The zero-order valence-electron chi connectivity index (χ0n) is 10.4. The van der Waals surface area contributed by atoms with E-state index in [1.807, 2.05) is 0 Å². The van der Waals surface area contributed by atoms with Crippen LogP contribution < -0.4 is 0 Å². The molecule has 0 aromatic heterocycles. The Balaban J connectivity index is 2.82. The van der Waals surface area contributed by atoms with Crippen molar-refractivity contribution in [3.8, 4) is 0 Å². The van der Waals surface area contributed by atoms with E-state index in [0.717, 1.165) is 12.1 Å². The van der Waals surface area contributed by atoms with E-state index in [1.54, 1.807) is 13.8 Å². The SMILES string of the molecule is CCOC(CS(=O)(=O)c1ccc(F)cc1)OCC. The third kappa shape index (κ3) is 4.36. The van der Waals surface area contributed by atoms with Gasteiger partial charge in [0.05, 0.1) is 4.90 Å². The van der Waals surface area contributed by atoms with Crippen LogP contribution in [-0.2, 0) is 19.3 Å². The van der Waals surface area contributed by atoms with Gasteiger partial charge in [0.2, 0.25) is 0 Å². The summed E-state index contributed by atoms with van der Waals surface area (Å²) < 4.78 is 47.2. The normalized spacial score (nSPS) is 12.0. The van der Waals surface area contributed by atoms with Crippen LogP contribution in [0.5, 0.6) is 0 Å². The molecule has 0 saturated heterocycles. The molecule has 0 N–H and O–H groups in total. The smallest absolute Gasteiger partial charge is 0.183 e. The molecule has 18 heavy (non-hydrogen) atoms. The Morgan fingerprint density at radius 3 is 2.06 bits per heavy atom. The van der Waals surface area contributed by atoms with Gasteiger partial charge in [0.1, 0.15) is 11.6 Å². The number of hydrogen-bond donors (Lipinski definition) is 0. The van der Waals surface area contributed by atoms with Gasteiger partial charge in [-0.25, -0.2) is 12.8 Å². The Kier molecular flexibility index (Phi) is 5.71. The minimum atomic E-state index is -3.54. The van der Waals surface area contributed by atoms with Crippen LogP contribution in [0.4, 0.5) is 4.39 Å². The fraction of sp³-hybridized carbons (Fsp3) is 0.500. The molecule has 0 fully saturated rings. The second-order valence-corrected chi connectivity index (χ2v) is 5.61. The Morgan fingerprint density at radius 1 is 1.11 bits per heavy atom. The minimum Gasteiger partial charge on any atom is -0.352 e. The van der Waals surface area contributed by atoms with Crippen LogP contribution in [0.2, 0.25) is 0 Å². The average molecular weight is 276 g/mol. The van der Waals surface area contributed by atoms with Crippen molar-refractivity contribution >= 4 is 9.84 Å². The maximum Gasteiger partial charge on any atom is 0.183 e. The van der Waals surface area contributed by atoms with Gasteiger partial charge in [-0.15, -0.1) is 0 Å². The van der Waals surface area contributed by atoms with Gasteiger partial charge in [-0.05, 0) is 38.1 Å². The summed E-state index contributed by atoms with van der Waals surface area (Å²) in [6, 6.07) is 4.70. The number of hydrogen-bond acceptors (Lipinski definition) is 4. The fourth-order valence-electron chi connectivity index (χ4n) is 1.43. The first-order valence-corrected chi connectivity index (χ1v) is 7.36. The Hall–Kier alpha value is -0.980. The molecular weight excluding hydrogens is 259 g/mol. The lowest BCUT2D eigenvalue weighted by Crippen LogP contribution is -2.27. The molecule has 0 aliphatic rings. The molecule has 0 atom stereocenters. The monoisotopic (exact) mass is 276 g/mol. The topological polar surface area (TPSA) is 52.6 Å². The van der Waals surface area contributed by atoms with Gasteiger partial charge >= 0.3 is 0 Å². The van der Waals surface area contributed by atoms with Crippen LogP contribution in [0.1, 0.15) is 13.8 Å². The van der Waals surface area contributed by atoms with Gasteiger partial charge < -0.3 is 9.47 Å². The van der Waals surface area contributed by atoms with E-state index in [-0.39, 0.29) is 10.6 Å². The van der Waals surface area contributed by atoms with Crippen molar-refractivity contribution in [3.63, 3.8) is 0 Å². The zero-order chi connectivity index (χ0) is 13.6. The molecule has 4 nitrogen and oxygen atoms in total. The molecule has 102 valence electrons. The first-order valence-electron chi connectivity index (χ1n) is 5.71. The van der Waals surface area contributed by atoms with Crippen LogP contribution in [-0.4, -0.2) is 33.7 Å². The van der Waals surface area contributed by atoms with Crippen LogP contribution in [0.15, 0.2) is 29.2 Å². The van der Waals surface area contributed by atoms with E-state index in [0.29, 0.717) is 13.2 Å². The Bertz CT molecular complexity index is 449. The third-order valence-electron chi connectivity index (χ3n) is 2.23. The number of halogens is 1. The lowest BCUT2D eigenvalue weighted by Gasteiger charge is -2.16. The zero-order valence-corrected chi connectivity index (χ0v) is 11.2. The molecule has 0 aliphatic carbocycles. The highest BCUT2D eigenvalue weighted by atomic mass is 32.2. The predicted molar refractivity (Wildman–Crippen MR) is 65.5 cm³/mol. The molecule has 0 aliphatic heterocycles. The molecule has 0 radical (unpaired) electrons. The molecule has 6 heteroatoms. The molecule has 0 amide bonds. The molecule has 0 heterocycles. The van der Waals surface area contributed by atoms with Gasteiger partial charge in [0.15, 0.2) is 16.1 Å². The van der Waals surface area contributed by atoms with Gasteiger partial charge in [0, 0.05) is 13.2 Å². The van der Waals surface area contributed by atoms with Crippen LogP contribution >= 0.6 is 0 Å².